The Bertz CT molecular complexity index is 866. The summed E-state index contributed by atoms with van der Waals surface area (Å²) in [5.41, 5.74) is -0.746. The minimum absolute atomic E-state index is 0.0815. The maximum absolute atomic E-state index is 13.8. The number of rotatable bonds is 15. The number of hydrogen-bond acceptors (Lipinski definition) is 6. The second-order valence-electron chi connectivity index (χ2n) is 14.3. The lowest BCUT2D eigenvalue weighted by Crippen LogP contribution is -2.56. The van der Waals surface area contributed by atoms with Crippen LogP contribution >= 0.6 is 0 Å². The van der Waals surface area contributed by atoms with E-state index in [4.69, 9.17) is 14.2 Å². The summed E-state index contributed by atoms with van der Waals surface area (Å²) < 4.78 is 17.5. The van der Waals surface area contributed by atoms with Crippen molar-refractivity contribution in [3.05, 3.63) is 0 Å². The van der Waals surface area contributed by atoms with Crippen LogP contribution in [-0.2, 0) is 28.6 Å². The third-order valence-electron chi connectivity index (χ3n) is 9.62. The first-order chi connectivity index (χ1) is 20.0. The Hall–Kier alpha value is -1.67. The zero-order valence-electron chi connectivity index (χ0n) is 27.3. The van der Waals surface area contributed by atoms with Gasteiger partial charge in [-0.15, -0.1) is 0 Å². The van der Waals surface area contributed by atoms with E-state index in [1.807, 2.05) is 13.8 Å². The van der Waals surface area contributed by atoms with E-state index in [-0.39, 0.29) is 48.3 Å². The Morgan fingerprint density at radius 3 is 2.24 bits per heavy atom. The van der Waals surface area contributed by atoms with Gasteiger partial charge in [0.15, 0.2) is 5.79 Å². The normalized spacial score (nSPS) is 26.6. The number of carbonyl (C=O) groups excluding carboxylic acids is 3. The van der Waals surface area contributed by atoms with E-state index in [1.54, 1.807) is 13.8 Å². The molecule has 3 fully saturated rings. The van der Waals surface area contributed by atoms with Crippen molar-refractivity contribution in [1.82, 2.24) is 10.6 Å². The van der Waals surface area contributed by atoms with Gasteiger partial charge < -0.3 is 24.8 Å². The molecular formula is C34H60N2O6. The van der Waals surface area contributed by atoms with Gasteiger partial charge in [0.2, 0.25) is 11.8 Å². The minimum Gasteiger partial charge on any atom is -0.460 e. The molecule has 0 aromatic carbocycles. The highest BCUT2D eigenvalue weighted by molar-refractivity contribution is 5.83. The van der Waals surface area contributed by atoms with Gasteiger partial charge in [0.05, 0.1) is 19.1 Å². The molecule has 3 atom stereocenters. The Kier molecular flexibility index (Phi) is 13.6. The third-order valence-corrected chi connectivity index (χ3v) is 9.62. The van der Waals surface area contributed by atoms with Crippen LogP contribution in [0.25, 0.3) is 0 Å². The molecule has 0 bridgehead atoms. The van der Waals surface area contributed by atoms with E-state index < -0.39 is 17.3 Å². The van der Waals surface area contributed by atoms with Gasteiger partial charge in [0.1, 0.15) is 12.2 Å². The number of unbranched alkanes of at least 4 members (excludes halogenated alkanes) is 6. The van der Waals surface area contributed by atoms with E-state index in [0.29, 0.717) is 6.61 Å². The summed E-state index contributed by atoms with van der Waals surface area (Å²) in [4.78, 5) is 39.5. The van der Waals surface area contributed by atoms with Crippen molar-refractivity contribution in [1.29, 1.82) is 0 Å². The van der Waals surface area contributed by atoms with Gasteiger partial charge >= 0.3 is 5.97 Å². The smallest absolute Gasteiger partial charge is 0.307 e. The van der Waals surface area contributed by atoms with Crippen LogP contribution in [-0.4, -0.2) is 55.0 Å². The van der Waals surface area contributed by atoms with Crippen molar-refractivity contribution in [3.8, 4) is 0 Å². The Morgan fingerprint density at radius 2 is 1.52 bits per heavy atom. The highest BCUT2D eigenvalue weighted by Gasteiger charge is 2.46. The van der Waals surface area contributed by atoms with Gasteiger partial charge in [0.25, 0.3) is 0 Å². The maximum atomic E-state index is 13.8. The molecule has 42 heavy (non-hydrogen) atoms. The van der Waals surface area contributed by atoms with Gasteiger partial charge in [0, 0.05) is 17.4 Å². The van der Waals surface area contributed by atoms with Crippen LogP contribution in [0.1, 0.15) is 150 Å². The lowest BCUT2D eigenvalue weighted by atomic mass is 9.70. The second kappa shape index (κ2) is 16.4. The summed E-state index contributed by atoms with van der Waals surface area (Å²) in [5, 5.41) is 6.23. The van der Waals surface area contributed by atoms with Crippen LogP contribution in [0.4, 0.5) is 0 Å². The van der Waals surface area contributed by atoms with Gasteiger partial charge in [-0.1, -0.05) is 91.4 Å². The summed E-state index contributed by atoms with van der Waals surface area (Å²) in [6, 6.07) is -0.142. The minimum atomic E-state index is -0.832. The molecule has 0 spiro atoms. The first kappa shape index (κ1) is 34.8. The van der Waals surface area contributed by atoms with Crippen molar-refractivity contribution >= 4 is 17.8 Å². The summed E-state index contributed by atoms with van der Waals surface area (Å²) in [7, 11) is 0. The maximum Gasteiger partial charge on any atom is 0.307 e. The SMILES string of the molecule is CCCCCCCCCC1(C(=O)NC2CCCCC2OC(=O)CCNC(=O)C2OC(C)(C)OCC2(C)C)CCCCC1. The Balaban J connectivity index is 1.47. The molecule has 3 aliphatic rings. The molecular weight excluding hydrogens is 532 g/mol. The van der Waals surface area contributed by atoms with E-state index in [9.17, 15) is 14.4 Å². The summed E-state index contributed by atoms with van der Waals surface area (Å²) >= 11 is 0. The zero-order chi connectivity index (χ0) is 30.6. The van der Waals surface area contributed by atoms with Crippen molar-refractivity contribution in [2.24, 2.45) is 10.8 Å². The van der Waals surface area contributed by atoms with Crippen LogP contribution in [0.2, 0.25) is 0 Å². The van der Waals surface area contributed by atoms with Crippen molar-refractivity contribution in [2.75, 3.05) is 13.2 Å². The van der Waals surface area contributed by atoms with Gasteiger partial charge in [-0.05, 0) is 52.4 Å². The number of hydrogen-bond donors (Lipinski definition) is 2. The molecule has 242 valence electrons. The lowest BCUT2D eigenvalue weighted by molar-refractivity contribution is -0.304. The van der Waals surface area contributed by atoms with Crippen molar-refractivity contribution in [3.63, 3.8) is 0 Å². The first-order valence-corrected chi connectivity index (χ1v) is 17.1. The molecule has 2 N–H and O–H groups in total. The quantitative estimate of drug-likeness (QED) is 0.161. The molecule has 2 amide bonds. The number of ether oxygens (including phenoxy) is 3. The van der Waals surface area contributed by atoms with E-state index >= 15 is 0 Å². The first-order valence-electron chi connectivity index (χ1n) is 17.1. The summed E-state index contributed by atoms with van der Waals surface area (Å²) in [6.45, 7) is 10.3. The second-order valence-corrected chi connectivity index (χ2v) is 14.3. The van der Waals surface area contributed by atoms with Crippen LogP contribution in [0.15, 0.2) is 0 Å². The summed E-state index contributed by atoms with van der Waals surface area (Å²) in [6.07, 6.45) is 17.8. The molecule has 0 aromatic rings. The number of carbonyl (C=O) groups is 3. The third kappa shape index (κ3) is 10.5. The molecule has 8 heteroatoms. The molecule has 2 aliphatic carbocycles. The standard InChI is InChI=1S/C34H60N2O6/c1-6-7-8-9-10-11-15-21-34(22-16-12-17-23-34)31(39)36-26-18-13-14-19-27(26)41-28(37)20-24-35-30(38)29-32(2,3)25-40-33(4,5)42-29/h26-27,29H,6-25H2,1-5H3,(H,35,38)(H,36,39). The molecule has 8 nitrogen and oxygen atoms in total. The largest absolute Gasteiger partial charge is 0.460 e. The molecule has 2 saturated carbocycles. The Morgan fingerprint density at radius 1 is 0.857 bits per heavy atom. The van der Waals surface area contributed by atoms with Gasteiger partial charge in [-0.3, -0.25) is 14.4 Å². The van der Waals surface area contributed by atoms with Crippen molar-refractivity contribution < 1.29 is 28.6 Å². The highest BCUT2D eigenvalue weighted by atomic mass is 16.7. The fourth-order valence-corrected chi connectivity index (χ4v) is 6.89. The number of amides is 2. The van der Waals surface area contributed by atoms with Gasteiger partial charge in [-0.25, -0.2) is 0 Å². The van der Waals surface area contributed by atoms with Crippen LogP contribution in [0, 0.1) is 10.8 Å². The fourth-order valence-electron chi connectivity index (χ4n) is 6.89. The average molecular weight is 593 g/mol. The van der Waals surface area contributed by atoms with E-state index in [1.165, 1.54) is 44.9 Å². The predicted octanol–water partition coefficient (Wildman–Crippen LogP) is 6.73. The molecule has 0 aromatic heterocycles. The Labute approximate surface area is 255 Å². The fraction of sp³-hybridized carbons (Fsp3) is 0.912. The zero-order valence-corrected chi connectivity index (χ0v) is 27.3. The van der Waals surface area contributed by atoms with Crippen LogP contribution < -0.4 is 10.6 Å². The molecule has 1 aliphatic heterocycles. The topological polar surface area (TPSA) is 103 Å². The lowest BCUT2D eigenvalue weighted by Gasteiger charge is -2.44. The molecule has 0 radical (unpaired) electrons. The van der Waals surface area contributed by atoms with Gasteiger partial charge in [-0.2, -0.15) is 0 Å². The summed E-state index contributed by atoms with van der Waals surface area (Å²) in [5.74, 6) is -1.24. The average Bonchev–Trinajstić information content (AvgIpc) is 2.95. The number of nitrogens with one attached hydrogen (secondary N) is 2. The number of esters is 1. The van der Waals surface area contributed by atoms with Crippen LogP contribution in [0.3, 0.4) is 0 Å². The van der Waals surface area contributed by atoms with Crippen LogP contribution in [0.5, 0.6) is 0 Å². The monoisotopic (exact) mass is 592 g/mol. The molecule has 3 rings (SSSR count). The highest BCUT2D eigenvalue weighted by Crippen LogP contribution is 2.41. The van der Waals surface area contributed by atoms with E-state index in [2.05, 4.69) is 17.6 Å². The predicted molar refractivity (Wildman–Crippen MR) is 165 cm³/mol. The van der Waals surface area contributed by atoms with E-state index in [0.717, 1.165) is 64.2 Å². The molecule has 3 unspecified atom stereocenters. The molecule has 1 heterocycles. The molecule has 1 saturated heterocycles. The van der Waals surface area contributed by atoms with Crippen molar-refractivity contribution in [2.45, 2.75) is 174 Å².